The number of benzene rings is 1. The van der Waals surface area contributed by atoms with Gasteiger partial charge in [0, 0.05) is 18.1 Å². The molecule has 1 amide bonds. The van der Waals surface area contributed by atoms with Gasteiger partial charge in [0.05, 0.1) is 23.3 Å². The van der Waals surface area contributed by atoms with E-state index >= 15 is 0 Å². The third kappa shape index (κ3) is 3.61. The Morgan fingerprint density at radius 2 is 2.00 bits per heavy atom. The number of rotatable bonds is 5. The molecule has 0 bridgehead atoms. The summed E-state index contributed by atoms with van der Waals surface area (Å²) in [5.74, 6) is 0.0837. The number of nitrogens with one attached hydrogen (secondary N) is 1. The van der Waals surface area contributed by atoms with Crippen LogP contribution in [0.5, 0.6) is 0 Å². The lowest BCUT2D eigenvalue weighted by Gasteiger charge is -2.07. The molecule has 8 nitrogen and oxygen atoms in total. The first-order valence-electron chi connectivity index (χ1n) is 8.70. The summed E-state index contributed by atoms with van der Waals surface area (Å²) in [5, 5.41) is 16.9. The second-order valence-electron chi connectivity index (χ2n) is 6.46. The van der Waals surface area contributed by atoms with E-state index < -0.39 is 0 Å². The van der Waals surface area contributed by atoms with Crippen molar-refractivity contribution in [3.05, 3.63) is 54.1 Å². The van der Waals surface area contributed by atoms with Crippen molar-refractivity contribution in [3.63, 3.8) is 0 Å². The summed E-state index contributed by atoms with van der Waals surface area (Å²) in [6.07, 6.45) is 3.29. The summed E-state index contributed by atoms with van der Waals surface area (Å²) in [7, 11) is 1.85. The second kappa shape index (κ2) is 7.43. The lowest BCUT2D eigenvalue weighted by atomic mass is 10.2. The first-order chi connectivity index (χ1) is 13.5. The molecule has 0 aliphatic heterocycles. The van der Waals surface area contributed by atoms with Gasteiger partial charge < -0.3 is 5.32 Å². The van der Waals surface area contributed by atoms with Crippen LogP contribution in [-0.2, 0) is 11.8 Å². The zero-order valence-corrected chi connectivity index (χ0v) is 16.6. The van der Waals surface area contributed by atoms with Crippen LogP contribution < -0.4 is 5.32 Å². The van der Waals surface area contributed by atoms with Crippen LogP contribution in [0.25, 0.3) is 16.7 Å². The maximum absolute atomic E-state index is 12.4. The average molecular weight is 393 g/mol. The Balaban J connectivity index is 1.44. The number of aryl methyl sites for hydroxylation is 3. The van der Waals surface area contributed by atoms with Crippen LogP contribution in [0.3, 0.4) is 0 Å². The number of carbonyl (C=O) groups excluding carboxylic acids is 1. The highest BCUT2D eigenvalue weighted by atomic mass is 32.2. The fourth-order valence-electron chi connectivity index (χ4n) is 2.91. The molecule has 142 valence electrons. The van der Waals surface area contributed by atoms with Crippen LogP contribution in [0.4, 0.5) is 5.69 Å². The molecule has 0 radical (unpaired) electrons. The Hall–Kier alpha value is -3.20. The van der Waals surface area contributed by atoms with Crippen molar-refractivity contribution in [3.8, 4) is 5.69 Å². The normalized spacial score (nSPS) is 11.1. The van der Waals surface area contributed by atoms with Gasteiger partial charge in [-0.3, -0.25) is 14.0 Å². The Bertz CT molecular complexity index is 1150. The van der Waals surface area contributed by atoms with Crippen molar-refractivity contribution < 1.29 is 4.79 Å². The predicted molar refractivity (Wildman–Crippen MR) is 109 cm³/mol. The molecule has 0 aliphatic carbocycles. The molecular weight excluding hydrogens is 374 g/mol. The average Bonchev–Trinajstić information content (AvgIpc) is 3.25. The van der Waals surface area contributed by atoms with Crippen LogP contribution >= 0.6 is 11.8 Å². The lowest BCUT2D eigenvalue weighted by Crippen LogP contribution is -2.14. The zero-order valence-electron chi connectivity index (χ0n) is 15.7. The smallest absolute Gasteiger partial charge is 0.234 e. The molecule has 0 atom stereocenters. The molecule has 4 rings (SSSR count). The van der Waals surface area contributed by atoms with Crippen molar-refractivity contribution in [2.24, 2.45) is 7.05 Å². The molecular formula is C19H19N7OS. The second-order valence-corrected chi connectivity index (χ2v) is 7.40. The first kappa shape index (κ1) is 18.2. The third-order valence-electron chi connectivity index (χ3n) is 4.31. The van der Waals surface area contributed by atoms with E-state index in [-0.39, 0.29) is 11.7 Å². The molecule has 28 heavy (non-hydrogen) atoms. The molecule has 0 saturated heterocycles. The van der Waals surface area contributed by atoms with Gasteiger partial charge in [-0.05, 0) is 32.0 Å². The van der Waals surface area contributed by atoms with E-state index in [0.29, 0.717) is 10.8 Å². The molecule has 1 aromatic carbocycles. The van der Waals surface area contributed by atoms with E-state index in [2.05, 4.69) is 25.6 Å². The van der Waals surface area contributed by atoms with E-state index in [1.807, 2.05) is 55.8 Å². The molecule has 0 fully saturated rings. The Morgan fingerprint density at radius 3 is 2.79 bits per heavy atom. The van der Waals surface area contributed by atoms with Gasteiger partial charge in [0.15, 0.2) is 10.8 Å². The Labute approximate surface area is 166 Å². The number of fused-ring (bicyclic) bond motifs is 1. The quantitative estimate of drug-likeness (QED) is 0.524. The molecule has 0 unspecified atom stereocenters. The topological polar surface area (TPSA) is 90.5 Å². The van der Waals surface area contributed by atoms with Crippen LogP contribution in [0.2, 0.25) is 0 Å². The summed E-state index contributed by atoms with van der Waals surface area (Å²) >= 11 is 1.33. The van der Waals surface area contributed by atoms with Crippen molar-refractivity contribution in [2.45, 2.75) is 19.0 Å². The van der Waals surface area contributed by atoms with Gasteiger partial charge in [-0.1, -0.05) is 29.5 Å². The van der Waals surface area contributed by atoms with Gasteiger partial charge >= 0.3 is 0 Å². The summed E-state index contributed by atoms with van der Waals surface area (Å²) < 4.78 is 3.59. The van der Waals surface area contributed by atoms with Crippen LogP contribution in [0.15, 0.2) is 48.0 Å². The van der Waals surface area contributed by atoms with Gasteiger partial charge in [-0.2, -0.15) is 5.10 Å². The highest BCUT2D eigenvalue weighted by molar-refractivity contribution is 7.99. The lowest BCUT2D eigenvalue weighted by molar-refractivity contribution is -0.113. The minimum absolute atomic E-state index is 0.133. The number of pyridine rings is 1. The molecule has 0 aliphatic rings. The largest absolute Gasteiger partial charge is 0.324 e. The molecule has 4 aromatic rings. The minimum atomic E-state index is -0.133. The van der Waals surface area contributed by atoms with E-state index in [9.17, 15) is 4.79 Å². The van der Waals surface area contributed by atoms with Gasteiger partial charge in [0.1, 0.15) is 6.33 Å². The number of amides is 1. The van der Waals surface area contributed by atoms with E-state index in [4.69, 9.17) is 0 Å². The minimum Gasteiger partial charge on any atom is -0.324 e. The first-order valence-corrected chi connectivity index (χ1v) is 9.69. The van der Waals surface area contributed by atoms with Crippen LogP contribution in [0.1, 0.15) is 11.3 Å². The molecule has 3 aromatic heterocycles. The maximum atomic E-state index is 12.4. The van der Waals surface area contributed by atoms with Crippen LogP contribution in [-0.4, -0.2) is 41.2 Å². The van der Waals surface area contributed by atoms with E-state index in [1.54, 1.807) is 17.2 Å². The number of aromatic nitrogens is 6. The fourth-order valence-corrected chi connectivity index (χ4v) is 3.64. The zero-order chi connectivity index (χ0) is 19.7. The van der Waals surface area contributed by atoms with Crippen molar-refractivity contribution in [1.82, 2.24) is 29.5 Å². The molecule has 1 N–H and O–H groups in total. The standard InChI is InChI=1S/C19H19N7OS/c1-12-4-6-15(7-5-12)26-11-21-23-19(26)28-10-17(27)22-14-8-16-13(2)24-25(3)18(16)20-9-14/h4-9,11H,10H2,1-3H3,(H,22,27). The van der Waals surface area contributed by atoms with Gasteiger partial charge in [0.25, 0.3) is 0 Å². The molecule has 9 heteroatoms. The number of anilines is 1. The van der Waals surface area contributed by atoms with Gasteiger partial charge in [0.2, 0.25) is 5.91 Å². The predicted octanol–water partition coefficient (Wildman–Crippen LogP) is 2.90. The number of thioether (sulfide) groups is 1. The number of carbonyl (C=O) groups is 1. The van der Waals surface area contributed by atoms with Crippen LogP contribution in [0, 0.1) is 13.8 Å². The SMILES string of the molecule is Cc1ccc(-n2cnnc2SCC(=O)Nc2cnc3c(c2)c(C)nn3C)cc1. The summed E-state index contributed by atoms with van der Waals surface area (Å²) in [6.45, 7) is 3.96. The molecule has 3 heterocycles. The number of nitrogens with zero attached hydrogens (tertiary/aromatic N) is 6. The van der Waals surface area contributed by atoms with Gasteiger partial charge in [-0.15, -0.1) is 10.2 Å². The van der Waals surface area contributed by atoms with Crippen molar-refractivity contribution in [2.75, 3.05) is 11.1 Å². The highest BCUT2D eigenvalue weighted by Crippen LogP contribution is 2.22. The maximum Gasteiger partial charge on any atom is 0.234 e. The van der Waals surface area contributed by atoms with E-state index in [1.165, 1.54) is 17.3 Å². The third-order valence-corrected chi connectivity index (χ3v) is 5.25. The summed E-state index contributed by atoms with van der Waals surface area (Å²) in [6, 6.07) is 9.95. The number of hydrogen-bond donors (Lipinski definition) is 1. The van der Waals surface area contributed by atoms with Crippen molar-refractivity contribution in [1.29, 1.82) is 0 Å². The Morgan fingerprint density at radius 1 is 1.21 bits per heavy atom. The molecule has 0 spiro atoms. The fraction of sp³-hybridized carbons (Fsp3) is 0.211. The molecule has 0 saturated carbocycles. The summed E-state index contributed by atoms with van der Waals surface area (Å²) in [5.41, 5.74) is 4.45. The Kier molecular flexibility index (Phi) is 4.82. The summed E-state index contributed by atoms with van der Waals surface area (Å²) in [4.78, 5) is 16.8. The monoisotopic (exact) mass is 393 g/mol. The van der Waals surface area contributed by atoms with Crippen molar-refractivity contribution >= 4 is 34.4 Å². The van der Waals surface area contributed by atoms with E-state index in [0.717, 1.165) is 22.4 Å². The highest BCUT2D eigenvalue weighted by Gasteiger charge is 2.12. The number of hydrogen-bond acceptors (Lipinski definition) is 6. The van der Waals surface area contributed by atoms with Gasteiger partial charge in [-0.25, -0.2) is 4.98 Å².